The molecule has 0 aliphatic carbocycles. The minimum absolute atomic E-state index is 0.183. The SMILES string of the molecule is C[C@@](OCC[C@H]1CCCN1N=O)(c1ccccc1)c1ccc(Cl)cc1. The highest BCUT2D eigenvalue weighted by Crippen LogP contribution is 2.34. The molecule has 1 aliphatic rings. The summed E-state index contributed by atoms with van der Waals surface area (Å²) in [5.74, 6) is 0. The minimum Gasteiger partial charge on any atom is -0.366 e. The van der Waals surface area contributed by atoms with Crippen molar-refractivity contribution in [1.82, 2.24) is 5.01 Å². The Balaban J connectivity index is 1.77. The quantitative estimate of drug-likeness (QED) is 0.642. The number of benzene rings is 2. The van der Waals surface area contributed by atoms with E-state index in [-0.39, 0.29) is 6.04 Å². The van der Waals surface area contributed by atoms with Crippen molar-refractivity contribution in [3.05, 3.63) is 75.7 Å². The molecule has 0 amide bonds. The lowest BCUT2D eigenvalue weighted by atomic mass is 9.88. The highest BCUT2D eigenvalue weighted by Gasteiger charge is 2.31. The molecule has 25 heavy (non-hydrogen) atoms. The fourth-order valence-electron chi connectivity index (χ4n) is 3.48. The van der Waals surface area contributed by atoms with Gasteiger partial charge in [-0.2, -0.15) is 0 Å². The van der Waals surface area contributed by atoms with Crippen LogP contribution in [0.1, 0.15) is 37.3 Å². The summed E-state index contributed by atoms with van der Waals surface area (Å²) >= 11 is 6.04. The van der Waals surface area contributed by atoms with Gasteiger partial charge in [0.05, 0.1) is 17.9 Å². The Hall–Kier alpha value is -1.91. The van der Waals surface area contributed by atoms with E-state index in [2.05, 4.69) is 24.3 Å². The fourth-order valence-corrected chi connectivity index (χ4v) is 3.60. The highest BCUT2D eigenvalue weighted by atomic mass is 35.5. The number of halogens is 1. The Morgan fingerprint density at radius 3 is 2.52 bits per heavy atom. The maximum absolute atomic E-state index is 10.9. The summed E-state index contributed by atoms with van der Waals surface area (Å²) in [6.07, 6.45) is 2.81. The molecule has 0 bridgehead atoms. The van der Waals surface area contributed by atoms with Gasteiger partial charge in [0.25, 0.3) is 0 Å². The topological polar surface area (TPSA) is 41.9 Å². The van der Waals surface area contributed by atoms with Crippen molar-refractivity contribution in [2.24, 2.45) is 5.29 Å². The maximum Gasteiger partial charge on any atom is 0.115 e. The zero-order valence-electron chi connectivity index (χ0n) is 14.4. The predicted molar refractivity (Wildman–Crippen MR) is 100 cm³/mol. The molecule has 0 aromatic heterocycles. The third-order valence-electron chi connectivity index (χ3n) is 5.01. The average Bonchev–Trinajstić information content (AvgIpc) is 3.10. The van der Waals surface area contributed by atoms with Crippen LogP contribution >= 0.6 is 11.6 Å². The van der Waals surface area contributed by atoms with Crippen LogP contribution in [0.25, 0.3) is 0 Å². The zero-order valence-corrected chi connectivity index (χ0v) is 15.2. The van der Waals surface area contributed by atoms with Crippen LogP contribution in [0.3, 0.4) is 0 Å². The van der Waals surface area contributed by atoms with Crippen LogP contribution in [0.15, 0.2) is 59.9 Å². The molecule has 2 aromatic carbocycles. The van der Waals surface area contributed by atoms with Gasteiger partial charge in [-0.05, 0) is 49.4 Å². The maximum atomic E-state index is 10.9. The lowest BCUT2D eigenvalue weighted by molar-refractivity contribution is -0.0126. The van der Waals surface area contributed by atoms with Gasteiger partial charge in [0.15, 0.2) is 0 Å². The molecule has 3 rings (SSSR count). The molecule has 0 saturated carbocycles. The second kappa shape index (κ2) is 7.98. The summed E-state index contributed by atoms with van der Waals surface area (Å²) in [4.78, 5) is 10.9. The molecule has 0 unspecified atom stereocenters. The minimum atomic E-state index is -0.566. The Bertz CT molecular complexity index is 693. The van der Waals surface area contributed by atoms with E-state index >= 15 is 0 Å². The largest absolute Gasteiger partial charge is 0.366 e. The summed E-state index contributed by atoms with van der Waals surface area (Å²) in [6.45, 7) is 3.39. The molecule has 2 aromatic rings. The van der Waals surface area contributed by atoms with Gasteiger partial charge in [0.1, 0.15) is 5.60 Å². The van der Waals surface area contributed by atoms with Crippen LogP contribution in [0, 0.1) is 4.91 Å². The van der Waals surface area contributed by atoms with E-state index < -0.39 is 5.60 Å². The van der Waals surface area contributed by atoms with Gasteiger partial charge < -0.3 is 4.74 Å². The number of nitroso groups, excluding NO2 is 1. The predicted octanol–water partition coefficient (Wildman–Crippen LogP) is 5.16. The van der Waals surface area contributed by atoms with Gasteiger partial charge in [0, 0.05) is 11.6 Å². The molecular formula is C20H23ClN2O2. The van der Waals surface area contributed by atoms with Crippen LogP contribution in [0.4, 0.5) is 0 Å². The fraction of sp³-hybridized carbons (Fsp3) is 0.400. The summed E-state index contributed by atoms with van der Waals surface area (Å²) in [6, 6.07) is 18.1. The Morgan fingerprint density at radius 2 is 1.84 bits per heavy atom. The molecule has 0 spiro atoms. The van der Waals surface area contributed by atoms with Crippen molar-refractivity contribution in [2.45, 2.75) is 37.8 Å². The molecule has 2 atom stereocenters. The van der Waals surface area contributed by atoms with Crippen LogP contribution in [0.5, 0.6) is 0 Å². The van der Waals surface area contributed by atoms with Crippen molar-refractivity contribution < 1.29 is 4.74 Å². The monoisotopic (exact) mass is 358 g/mol. The van der Waals surface area contributed by atoms with Crippen molar-refractivity contribution >= 4 is 11.6 Å². The van der Waals surface area contributed by atoms with Gasteiger partial charge >= 0.3 is 0 Å². The molecule has 0 N–H and O–H groups in total. The van der Waals surface area contributed by atoms with Crippen LogP contribution in [-0.2, 0) is 10.3 Å². The van der Waals surface area contributed by atoms with E-state index in [4.69, 9.17) is 16.3 Å². The zero-order chi connectivity index (χ0) is 17.7. The molecule has 1 aliphatic heterocycles. The lowest BCUT2D eigenvalue weighted by Gasteiger charge is -2.32. The van der Waals surface area contributed by atoms with E-state index in [1.54, 1.807) is 5.01 Å². The number of hydrogen-bond acceptors (Lipinski definition) is 3. The van der Waals surface area contributed by atoms with Crippen molar-refractivity contribution in [3.63, 3.8) is 0 Å². The van der Waals surface area contributed by atoms with Crippen LogP contribution in [0.2, 0.25) is 5.02 Å². The van der Waals surface area contributed by atoms with E-state index in [0.717, 1.165) is 36.9 Å². The van der Waals surface area contributed by atoms with Gasteiger partial charge in [-0.25, -0.2) is 0 Å². The van der Waals surface area contributed by atoms with E-state index in [1.165, 1.54) is 0 Å². The summed E-state index contributed by atoms with van der Waals surface area (Å²) in [5, 5.41) is 5.47. The molecular weight excluding hydrogens is 336 g/mol. The summed E-state index contributed by atoms with van der Waals surface area (Å²) in [7, 11) is 0. The van der Waals surface area contributed by atoms with Crippen molar-refractivity contribution in [2.75, 3.05) is 13.2 Å². The van der Waals surface area contributed by atoms with E-state index in [1.807, 2.05) is 42.5 Å². The first-order chi connectivity index (χ1) is 12.1. The first kappa shape index (κ1) is 17.9. The molecule has 1 saturated heterocycles. The van der Waals surface area contributed by atoms with Gasteiger partial charge in [-0.1, -0.05) is 54.1 Å². The molecule has 0 radical (unpaired) electrons. The van der Waals surface area contributed by atoms with E-state index in [9.17, 15) is 4.91 Å². The smallest absolute Gasteiger partial charge is 0.115 e. The van der Waals surface area contributed by atoms with Crippen LogP contribution in [-0.4, -0.2) is 24.2 Å². The lowest BCUT2D eigenvalue weighted by Crippen LogP contribution is -2.31. The van der Waals surface area contributed by atoms with Gasteiger partial charge in [0.2, 0.25) is 0 Å². The molecule has 5 heteroatoms. The number of nitrogens with zero attached hydrogens (tertiary/aromatic N) is 2. The first-order valence-corrected chi connectivity index (χ1v) is 9.07. The average molecular weight is 359 g/mol. The van der Waals surface area contributed by atoms with E-state index in [0.29, 0.717) is 11.6 Å². The third kappa shape index (κ3) is 4.02. The molecule has 1 heterocycles. The van der Waals surface area contributed by atoms with Gasteiger partial charge in [-0.15, -0.1) is 4.91 Å². The highest BCUT2D eigenvalue weighted by molar-refractivity contribution is 6.30. The van der Waals surface area contributed by atoms with Crippen molar-refractivity contribution in [1.29, 1.82) is 0 Å². The standard InChI is InChI=1S/C20H23ClN2O2/c1-20(16-6-3-2-4-7-16,17-9-11-18(21)12-10-17)25-15-13-19-8-5-14-23(19)22-24/h2-4,6-7,9-12,19H,5,8,13-15H2,1H3/t19-,20-/m1/s1. The Kier molecular flexibility index (Phi) is 5.71. The Labute approximate surface area is 153 Å². The first-order valence-electron chi connectivity index (χ1n) is 8.69. The third-order valence-corrected chi connectivity index (χ3v) is 5.26. The number of rotatable bonds is 7. The summed E-state index contributed by atoms with van der Waals surface area (Å²) < 4.78 is 6.38. The number of ether oxygens (including phenoxy) is 1. The van der Waals surface area contributed by atoms with Crippen molar-refractivity contribution in [3.8, 4) is 0 Å². The number of hydrogen-bond donors (Lipinski definition) is 0. The molecule has 132 valence electrons. The normalized spacial score (nSPS) is 19.6. The second-order valence-electron chi connectivity index (χ2n) is 6.58. The Morgan fingerprint density at radius 1 is 1.16 bits per heavy atom. The van der Waals surface area contributed by atoms with Gasteiger partial charge in [-0.3, -0.25) is 5.01 Å². The van der Waals surface area contributed by atoms with Crippen LogP contribution < -0.4 is 0 Å². The molecule has 1 fully saturated rings. The summed E-state index contributed by atoms with van der Waals surface area (Å²) in [5.41, 5.74) is 1.58. The second-order valence-corrected chi connectivity index (χ2v) is 7.02. The molecule has 4 nitrogen and oxygen atoms in total.